The van der Waals surface area contributed by atoms with E-state index in [1.807, 2.05) is 6.07 Å². The molecule has 0 unspecified atom stereocenters. The Morgan fingerprint density at radius 3 is 1.15 bits per heavy atom. The molecule has 1 heterocycles. The summed E-state index contributed by atoms with van der Waals surface area (Å²) >= 11 is 0. The van der Waals surface area contributed by atoms with E-state index in [1.165, 1.54) is 82.2 Å². The molecule has 2 nitrogen and oxygen atoms in total. The Kier molecular flexibility index (Phi) is 8.53. The van der Waals surface area contributed by atoms with E-state index < -0.39 is 0 Å². The van der Waals surface area contributed by atoms with Gasteiger partial charge in [-0.25, -0.2) is 0 Å². The van der Waals surface area contributed by atoms with Gasteiger partial charge in [0.15, 0.2) is 0 Å². The fourth-order valence-electron chi connectivity index (χ4n) is 9.51. The van der Waals surface area contributed by atoms with Gasteiger partial charge in [0.2, 0.25) is 0 Å². The van der Waals surface area contributed by atoms with Gasteiger partial charge < -0.3 is 9.32 Å². The van der Waals surface area contributed by atoms with E-state index in [4.69, 9.17) is 4.42 Å². The number of fused-ring (bicyclic) bond motifs is 10. The molecule has 0 atom stereocenters. The van der Waals surface area contributed by atoms with Crippen LogP contribution in [0.4, 0.5) is 17.1 Å². The maximum Gasteiger partial charge on any atom is 0.136 e. The van der Waals surface area contributed by atoms with Gasteiger partial charge in [0.1, 0.15) is 11.2 Å². The third kappa shape index (κ3) is 6.04. The molecule has 0 amide bonds. The van der Waals surface area contributed by atoms with Crippen molar-refractivity contribution in [2.24, 2.45) is 0 Å². The normalized spacial score (nSPS) is 11.5. The lowest BCUT2D eigenvalue weighted by Gasteiger charge is -2.26. The van der Waals surface area contributed by atoms with Crippen LogP contribution in [0.2, 0.25) is 0 Å². The Balaban J connectivity index is 0.958. The quantitative estimate of drug-likeness (QED) is 0.150. The van der Waals surface area contributed by atoms with Gasteiger partial charge in [0.05, 0.1) is 0 Å². The van der Waals surface area contributed by atoms with Gasteiger partial charge in [-0.3, -0.25) is 0 Å². The fourth-order valence-corrected chi connectivity index (χ4v) is 9.51. The number of furan rings is 1. The van der Waals surface area contributed by atoms with Gasteiger partial charge in [0, 0.05) is 33.2 Å². The van der Waals surface area contributed by atoms with Crippen molar-refractivity contribution in [1.82, 2.24) is 0 Å². The van der Waals surface area contributed by atoms with Crippen LogP contribution in [0.3, 0.4) is 0 Å². The van der Waals surface area contributed by atoms with Crippen molar-refractivity contribution in [2.75, 3.05) is 4.90 Å². The molecule has 0 N–H and O–H groups in total. The first kappa shape index (κ1) is 35.7. The largest absolute Gasteiger partial charge is 0.456 e. The minimum Gasteiger partial charge on any atom is -0.456 e. The molecule has 0 saturated carbocycles. The molecule has 1 aromatic heterocycles. The smallest absolute Gasteiger partial charge is 0.136 e. The van der Waals surface area contributed by atoms with Gasteiger partial charge >= 0.3 is 0 Å². The Morgan fingerprint density at radius 1 is 0.226 bits per heavy atom. The fraction of sp³-hybridized carbons (Fsp3) is 0. The first-order valence-corrected chi connectivity index (χ1v) is 21.2. The monoisotopic (exact) mass is 789 g/mol. The molecule has 12 aromatic rings. The predicted octanol–water partition coefficient (Wildman–Crippen LogP) is 17.2. The minimum absolute atomic E-state index is 0.916. The summed E-state index contributed by atoms with van der Waals surface area (Å²) in [6.45, 7) is 0. The molecule has 0 radical (unpaired) electrons. The summed E-state index contributed by atoms with van der Waals surface area (Å²) in [7, 11) is 0. The van der Waals surface area contributed by atoms with Crippen LogP contribution in [0.5, 0.6) is 0 Å². The van der Waals surface area contributed by atoms with Crippen LogP contribution in [-0.2, 0) is 0 Å². The number of benzene rings is 11. The molecule has 0 aliphatic rings. The highest BCUT2D eigenvalue weighted by Gasteiger charge is 2.19. The minimum atomic E-state index is 0.916. The average molecular weight is 790 g/mol. The van der Waals surface area contributed by atoms with Crippen molar-refractivity contribution in [3.63, 3.8) is 0 Å². The zero-order valence-corrected chi connectivity index (χ0v) is 33.9. The van der Waals surface area contributed by atoms with Gasteiger partial charge in [-0.15, -0.1) is 0 Å². The van der Waals surface area contributed by atoms with E-state index in [0.29, 0.717) is 0 Å². The summed E-state index contributed by atoms with van der Waals surface area (Å²) in [5, 5.41) is 9.77. The Morgan fingerprint density at radius 2 is 0.613 bits per heavy atom. The summed E-state index contributed by atoms with van der Waals surface area (Å²) in [5.41, 5.74) is 14.7. The van der Waals surface area contributed by atoms with E-state index in [2.05, 4.69) is 235 Å². The third-order valence-electron chi connectivity index (χ3n) is 12.5. The Hall–Kier alpha value is -8.20. The summed E-state index contributed by atoms with van der Waals surface area (Å²) in [4.78, 5) is 2.35. The lowest BCUT2D eigenvalue weighted by Crippen LogP contribution is -2.09. The van der Waals surface area contributed by atoms with Gasteiger partial charge in [-0.05, 0) is 126 Å². The van der Waals surface area contributed by atoms with Crippen LogP contribution in [0.25, 0.3) is 98.8 Å². The van der Waals surface area contributed by atoms with Crippen LogP contribution < -0.4 is 4.90 Å². The van der Waals surface area contributed by atoms with Crippen molar-refractivity contribution in [1.29, 1.82) is 0 Å². The predicted molar refractivity (Wildman–Crippen MR) is 263 cm³/mol. The van der Waals surface area contributed by atoms with E-state index in [0.717, 1.165) is 33.6 Å². The first-order valence-electron chi connectivity index (χ1n) is 21.2. The van der Waals surface area contributed by atoms with E-state index >= 15 is 0 Å². The van der Waals surface area contributed by atoms with Gasteiger partial charge in [-0.1, -0.05) is 182 Å². The maximum atomic E-state index is 6.37. The molecule has 11 aromatic carbocycles. The molecular weight excluding hydrogens is 751 g/mol. The maximum absolute atomic E-state index is 6.37. The SMILES string of the molecule is c1ccc(-c2ccc(-c3ccc(N(c4ccc(-c5ccccc5)cc4)c4ccc(-c5cccc6c7ccc8oc9ccccc9c8c7c7ccccc7c56)cc4)cc3)cc2)cc1. The van der Waals surface area contributed by atoms with Crippen LogP contribution in [0, 0.1) is 0 Å². The van der Waals surface area contributed by atoms with Gasteiger partial charge in [-0.2, -0.15) is 0 Å². The summed E-state index contributed by atoms with van der Waals surface area (Å²) < 4.78 is 6.37. The lowest BCUT2D eigenvalue weighted by atomic mass is 9.88. The molecular formula is C60H39NO. The topological polar surface area (TPSA) is 16.4 Å². The molecule has 0 aliphatic carbocycles. The number of hydrogen-bond acceptors (Lipinski definition) is 2. The number of anilines is 3. The zero-order chi connectivity index (χ0) is 41.0. The van der Waals surface area contributed by atoms with Crippen molar-refractivity contribution in [2.45, 2.75) is 0 Å². The standard InChI is InChI=1S/C60H39NO/c1-3-12-40(13-4-1)42-22-24-43(25-23-42)45-28-34-48(35-29-45)61(47-32-26-44(27-33-47)41-14-5-2-6-15-41)49-36-30-46(31-37-49)50-19-11-20-52-54-38-39-57-60(55-18-9-10-21-56(55)62-57)59(54)53-17-8-7-16-51(53)58(50)52/h1-39H. The molecule has 0 spiro atoms. The van der Waals surface area contributed by atoms with Crippen LogP contribution in [0.1, 0.15) is 0 Å². The second-order valence-corrected chi connectivity index (χ2v) is 16.0. The summed E-state index contributed by atoms with van der Waals surface area (Å²) in [6.07, 6.45) is 0. The molecule has 12 rings (SSSR count). The molecule has 0 fully saturated rings. The van der Waals surface area contributed by atoms with Crippen molar-refractivity contribution in [3.05, 3.63) is 237 Å². The average Bonchev–Trinajstić information content (AvgIpc) is 3.74. The second kappa shape index (κ2) is 14.8. The Bertz CT molecular complexity index is 3540. The highest BCUT2D eigenvalue weighted by molar-refractivity contribution is 6.36. The number of rotatable bonds is 7. The molecule has 290 valence electrons. The van der Waals surface area contributed by atoms with Crippen LogP contribution in [-0.4, -0.2) is 0 Å². The molecule has 0 aliphatic heterocycles. The molecule has 62 heavy (non-hydrogen) atoms. The van der Waals surface area contributed by atoms with Crippen molar-refractivity contribution < 1.29 is 4.42 Å². The van der Waals surface area contributed by atoms with E-state index in [-0.39, 0.29) is 0 Å². The summed E-state index contributed by atoms with van der Waals surface area (Å²) in [5.74, 6) is 0. The third-order valence-corrected chi connectivity index (χ3v) is 12.5. The second-order valence-electron chi connectivity index (χ2n) is 16.0. The van der Waals surface area contributed by atoms with Crippen molar-refractivity contribution in [3.8, 4) is 44.5 Å². The van der Waals surface area contributed by atoms with Crippen LogP contribution in [0.15, 0.2) is 241 Å². The number of nitrogens with zero attached hydrogens (tertiary/aromatic N) is 1. The first-order chi connectivity index (χ1) is 30.7. The Labute approximate surface area is 360 Å². The highest BCUT2D eigenvalue weighted by Crippen LogP contribution is 2.45. The highest BCUT2D eigenvalue weighted by atomic mass is 16.3. The number of hydrogen-bond donors (Lipinski definition) is 0. The van der Waals surface area contributed by atoms with E-state index in [9.17, 15) is 0 Å². The van der Waals surface area contributed by atoms with Gasteiger partial charge in [0.25, 0.3) is 0 Å². The molecule has 0 bridgehead atoms. The lowest BCUT2D eigenvalue weighted by molar-refractivity contribution is 0.669. The zero-order valence-electron chi connectivity index (χ0n) is 33.9. The number of para-hydroxylation sites is 1. The summed E-state index contributed by atoms with van der Waals surface area (Å²) in [6, 6.07) is 85.3. The molecule has 0 saturated heterocycles. The molecule has 2 heteroatoms. The van der Waals surface area contributed by atoms with Crippen molar-refractivity contribution >= 4 is 71.3 Å². The van der Waals surface area contributed by atoms with Crippen LogP contribution >= 0.6 is 0 Å². The van der Waals surface area contributed by atoms with E-state index in [1.54, 1.807) is 0 Å².